The summed E-state index contributed by atoms with van der Waals surface area (Å²) in [6.07, 6.45) is 17.3. The lowest BCUT2D eigenvalue weighted by molar-refractivity contribution is -0.696. The molecule has 0 aliphatic rings. The van der Waals surface area contributed by atoms with E-state index in [4.69, 9.17) is 9.84 Å². The molecule has 1 N–H and O–H groups in total. The maximum absolute atomic E-state index is 8.63. The molecule has 0 aliphatic heterocycles. The number of hydrogen-bond donors (Lipinski definition) is 1. The third kappa shape index (κ3) is 9.64. The molecule has 0 saturated heterocycles. The van der Waals surface area contributed by atoms with Gasteiger partial charge in [-0.2, -0.15) is 0 Å². The van der Waals surface area contributed by atoms with E-state index in [2.05, 4.69) is 34.8 Å². The molecule has 122 valence electrons. The molecule has 0 unspecified atom stereocenters. The van der Waals surface area contributed by atoms with Crippen LogP contribution < -0.4 is 4.57 Å². The molecule has 21 heavy (non-hydrogen) atoms. The van der Waals surface area contributed by atoms with Crippen LogP contribution in [-0.4, -0.2) is 29.5 Å². The zero-order valence-corrected chi connectivity index (χ0v) is 13.7. The summed E-state index contributed by atoms with van der Waals surface area (Å²) in [4.78, 5) is 0. The van der Waals surface area contributed by atoms with Crippen LogP contribution in [0.3, 0.4) is 0 Å². The maximum Gasteiger partial charge on any atom is 0.243 e. The molecule has 1 rings (SSSR count). The molecule has 0 fully saturated rings. The molecule has 1 aromatic heterocycles. The minimum absolute atomic E-state index is 0.101. The summed E-state index contributed by atoms with van der Waals surface area (Å²) in [7, 11) is 0. The lowest BCUT2D eigenvalue weighted by atomic mass is 10.1. The van der Waals surface area contributed by atoms with Gasteiger partial charge in [0.1, 0.15) is 18.9 Å². The fraction of sp³-hybridized carbons (Fsp3) is 0.824. The highest BCUT2D eigenvalue weighted by Gasteiger charge is 2.03. The Morgan fingerprint density at radius 1 is 1.00 bits per heavy atom. The standard InChI is InChI=1S/C17H33N2O2/c1-2-3-4-5-6-7-8-9-10-18-11-12-19(17-18)13-15-21-16-14-20/h11-12,17,20H,2-10,13-16H2,1H3/q+1. The number of ether oxygens (including phenoxy) is 1. The number of imidazole rings is 1. The summed E-state index contributed by atoms with van der Waals surface area (Å²) in [6.45, 7) is 5.42. The van der Waals surface area contributed by atoms with Crippen LogP contribution >= 0.6 is 0 Å². The number of aryl methyl sites for hydroxylation is 1. The first-order valence-electron chi connectivity index (χ1n) is 8.60. The van der Waals surface area contributed by atoms with Gasteiger partial charge < -0.3 is 9.84 Å². The molecule has 0 saturated carbocycles. The molecule has 1 heterocycles. The molecule has 0 aliphatic carbocycles. The van der Waals surface area contributed by atoms with Gasteiger partial charge in [-0.1, -0.05) is 45.4 Å². The molecular formula is C17H33N2O2+. The van der Waals surface area contributed by atoms with Gasteiger partial charge in [0, 0.05) is 0 Å². The van der Waals surface area contributed by atoms with E-state index < -0.39 is 0 Å². The normalized spacial score (nSPS) is 11.1. The Hall–Kier alpha value is -0.870. The Morgan fingerprint density at radius 2 is 1.71 bits per heavy atom. The Labute approximate surface area is 129 Å². The quantitative estimate of drug-likeness (QED) is 0.423. The fourth-order valence-corrected chi connectivity index (χ4v) is 2.47. The molecule has 1 aromatic rings. The number of rotatable bonds is 14. The van der Waals surface area contributed by atoms with Gasteiger partial charge in [-0.3, -0.25) is 0 Å². The van der Waals surface area contributed by atoms with Crippen LogP contribution in [0.5, 0.6) is 0 Å². The third-order valence-corrected chi connectivity index (χ3v) is 3.75. The van der Waals surface area contributed by atoms with Crippen molar-refractivity contribution in [2.45, 2.75) is 71.4 Å². The Morgan fingerprint density at radius 3 is 2.43 bits per heavy atom. The summed E-state index contributed by atoms with van der Waals surface area (Å²) in [5.74, 6) is 0. The summed E-state index contributed by atoms with van der Waals surface area (Å²) in [5.41, 5.74) is 0. The van der Waals surface area contributed by atoms with Crippen LogP contribution in [0.2, 0.25) is 0 Å². The van der Waals surface area contributed by atoms with Crippen molar-refractivity contribution in [1.82, 2.24) is 4.57 Å². The van der Waals surface area contributed by atoms with Gasteiger partial charge in [0.2, 0.25) is 6.33 Å². The number of aliphatic hydroxyl groups excluding tert-OH is 1. The van der Waals surface area contributed by atoms with Crippen molar-refractivity contribution >= 4 is 0 Å². The first kappa shape index (κ1) is 18.2. The van der Waals surface area contributed by atoms with Crippen LogP contribution in [-0.2, 0) is 17.8 Å². The summed E-state index contributed by atoms with van der Waals surface area (Å²) >= 11 is 0. The average Bonchev–Trinajstić information content (AvgIpc) is 2.94. The predicted molar refractivity (Wildman–Crippen MR) is 85.1 cm³/mol. The van der Waals surface area contributed by atoms with E-state index in [1.54, 1.807) is 0 Å². The Kier molecular flexibility index (Phi) is 11.1. The molecule has 0 amide bonds. The van der Waals surface area contributed by atoms with Crippen molar-refractivity contribution in [3.8, 4) is 0 Å². The van der Waals surface area contributed by atoms with Gasteiger partial charge in [0.15, 0.2) is 0 Å². The molecule has 0 spiro atoms. The number of unbranched alkanes of at least 4 members (excludes halogenated alkanes) is 7. The second-order valence-corrected chi connectivity index (χ2v) is 5.70. The third-order valence-electron chi connectivity index (χ3n) is 3.75. The first-order chi connectivity index (χ1) is 10.4. The van der Waals surface area contributed by atoms with Crippen molar-refractivity contribution in [1.29, 1.82) is 0 Å². The highest BCUT2D eigenvalue weighted by molar-refractivity contribution is 4.65. The minimum Gasteiger partial charge on any atom is -0.394 e. The van der Waals surface area contributed by atoms with Gasteiger partial charge in [-0.15, -0.1) is 0 Å². The summed E-state index contributed by atoms with van der Waals surface area (Å²) in [6, 6.07) is 0. The SMILES string of the molecule is CCCCCCCCCC[n+]1ccn(CCOCCO)c1. The summed E-state index contributed by atoms with van der Waals surface area (Å²) in [5, 5.41) is 8.63. The van der Waals surface area contributed by atoms with Crippen molar-refractivity contribution in [2.24, 2.45) is 0 Å². The molecule has 0 aromatic carbocycles. The molecule has 0 radical (unpaired) electrons. The Bertz CT molecular complexity index is 339. The van der Waals surface area contributed by atoms with E-state index in [9.17, 15) is 0 Å². The van der Waals surface area contributed by atoms with Crippen molar-refractivity contribution < 1.29 is 14.4 Å². The molecule has 0 bridgehead atoms. The molecule has 4 heteroatoms. The fourth-order valence-electron chi connectivity index (χ4n) is 2.47. The number of aromatic nitrogens is 2. The zero-order valence-electron chi connectivity index (χ0n) is 13.7. The highest BCUT2D eigenvalue weighted by atomic mass is 16.5. The number of nitrogens with zero attached hydrogens (tertiary/aromatic N) is 2. The largest absolute Gasteiger partial charge is 0.394 e. The minimum atomic E-state index is 0.101. The predicted octanol–water partition coefficient (Wildman–Crippen LogP) is 2.93. The van der Waals surface area contributed by atoms with Crippen LogP contribution in [0.15, 0.2) is 18.7 Å². The highest BCUT2D eigenvalue weighted by Crippen LogP contribution is 2.08. The van der Waals surface area contributed by atoms with E-state index in [1.807, 2.05) is 0 Å². The molecule has 0 atom stereocenters. The maximum atomic E-state index is 8.63. The topological polar surface area (TPSA) is 38.3 Å². The van der Waals surface area contributed by atoms with Gasteiger partial charge in [-0.25, -0.2) is 9.13 Å². The number of aliphatic hydroxyl groups is 1. The van der Waals surface area contributed by atoms with Crippen LogP contribution in [0.25, 0.3) is 0 Å². The van der Waals surface area contributed by atoms with Crippen molar-refractivity contribution in [3.05, 3.63) is 18.7 Å². The second-order valence-electron chi connectivity index (χ2n) is 5.70. The molecular weight excluding hydrogens is 264 g/mol. The van der Waals surface area contributed by atoms with E-state index >= 15 is 0 Å². The van der Waals surface area contributed by atoms with Gasteiger partial charge in [-0.05, 0) is 12.8 Å². The molecule has 4 nitrogen and oxygen atoms in total. The monoisotopic (exact) mass is 297 g/mol. The van der Waals surface area contributed by atoms with Gasteiger partial charge in [0.05, 0.1) is 26.4 Å². The van der Waals surface area contributed by atoms with Crippen LogP contribution in [0, 0.1) is 0 Å². The zero-order chi connectivity index (χ0) is 15.2. The van der Waals surface area contributed by atoms with Crippen molar-refractivity contribution in [3.63, 3.8) is 0 Å². The van der Waals surface area contributed by atoms with E-state index in [0.717, 1.165) is 13.1 Å². The Balaban J connectivity index is 1.98. The average molecular weight is 297 g/mol. The number of hydrogen-bond acceptors (Lipinski definition) is 2. The second kappa shape index (κ2) is 12.8. The van der Waals surface area contributed by atoms with E-state index in [-0.39, 0.29) is 6.61 Å². The smallest absolute Gasteiger partial charge is 0.243 e. The lowest BCUT2D eigenvalue weighted by Gasteiger charge is -2.00. The first-order valence-corrected chi connectivity index (χ1v) is 8.60. The van der Waals surface area contributed by atoms with Gasteiger partial charge >= 0.3 is 0 Å². The van der Waals surface area contributed by atoms with E-state index in [0.29, 0.717) is 13.2 Å². The summed E-state index contributed by atoms with van der Waals surface area (Å²) < 4.78 is 9.66. The van der Waals surface area contributed by atoms with Gasteiger partial charge in [0.25, 0.3) is 0 Å². The van der Waals surface area contributed by atoms with Crippen LogP contribution in [0.1, 0.15) is 58.3 Å². The van der Waals surface area contributed by atoms with Crippen molar-refractivity contribution in [2.75, 3.05) is 19.8 Å². The van der Waals surface area contributed by atoms with E-state index in [1.165, 1.54) is 51.4 Å². The lowest BCUT2D eigenvalue weighted by Crippen LogP contribution is -2.31. The van der Waals surface area contributed by atoms with Crippen LogP contribution in [0.4, 0.5) is 0 Å².